The maximum absolute atomic E-state index is 14.2. The molecule has 0 saturated carbocycles. The summed E-state index contributed by atoms with van der Waals surface area (Å²) in [6.45, 7) is 11.3. The molecule has 0 unspecified atom stereocenters. The quantitative estimate of drug-likeness (QED) is 0.288. The fourth-order valence-corrected chi connectivity index (χ4v) is 6.17. The number of rotatable bonds is 13. The second-order valence-electron chi connectivity index (χ2n) is 10.6. The molecule has 8 heteroatoms. The van der Waals surface area contributed by atoms with Crippen LogP contribution in [-0.2, 0) is 26.0 Å². The smallest absolute Gasteiger partial charge is 0.264 e. The van der Waals surface area contributed by atoms with Crippen molar-refractivity contribution in [3.8, 4) is 0 Å². The molecule has 0 aromatic heterocycles. The summed E-state index contributed by atoms with van der Waals surface area (Å²) < 4.78 is 29.3. The van der Waals surface area contributed by atoms with E-state index in [1.165, 1.54) is 4.31 Å². The summed E-state index contributed by atoms with van der Waals surface area (Å²) in [4.78, 5) is 29.2. The number of anilines is 1. The maximum atomic E-state index is 14.2. The number of aryl methyl sites for hydroxylation is 2. The second-order valence-corrected chi connectivity index (χ2v) is 12.5. The number of benzene rings is 3. The van der Waals surface area contributed by atoms with Crippen LogP contribution >= 0.6 is 0 Å². The molecule has 0 bridgehead atoms. The van der Waals surface area contributed by atoms with Crippen LogP contribution in [0.4, 0.5) is 5.69 Å². The Labute approximate surface area is 245 Å². The summed E-state index contributed by atoms with van der Waals surface area (Å²) in [5.74, 6) is -0.661. The van der Waals surface area contributed by atoms with Gasteiger partial charge in [-0.2, -0.15) is 0 Å². The van der Waals surface area contributed by atoms with E-state index >= 15 is 0 Å². The van der Waals surface area contributed by atoms with E-state index in [0.29, 0.717) is 18.5 Å². The first-order valence-electron chi connectivity index (χ1n) is 14.3. The molecule has 3 rings (SSSR count). The average molecular weight is 578 g/mol. The summed E-state index contributed by atoms with van der Waals surface area (Å²) in [5.41, 5.74) is 4.09. The van der Waals surface area contributed by atoms with E-state index in [9.17, 15) is 18.0 Å². The van der Waals surface area contributed by atoms with Crippen molar-refractivity contribution in [3.05, 3.63) is 95.1 Å². The first kappa shape index (κ1) is 31.9. The lowest BCUT2D eigenvalue weighted by molar-refractivity contribution is -0.139. The summed E-state index contributed by atoms with van der Waals surface area (Å²) in [7, 11) is -4.10. The van der Waals surface area contributed by atoms with E-state index in [0.717, 1.165) is 28.7 Å². The Hall–Kier alpha value is -3.65. The molecule has 0 heterocycles. The van der Waals surface area contributed by atoms with Crippen LogP contribution in [0, 0.1) is 20.8 Å². The number of carbonyl (C=O) groups excluding carboxylic acids is 2. The molecule has 7 nitrogen and oxygen atoms in total. The van der Waals surface area contributed by atoms with Gasteiger partial charge in [0.1, 0.15) is 12.6 Å². The van der Waals surface area contributed by atoms with E-state index in [2.05, 4.69) is 5.32 Å². The zero-order chi connectivity index (χ0) is 30.2. The number of nitrogens with zero attached hydrogens (tertiary/aromatic N) is 2. The lowest BCUT2D eigenvalue weighted by Gasteiger charge is -2.34. The van der Waals surface area contributed by atoms with Crippen LogP contribution in [-0.4, -0.2) is 50.3 Å². The fraction of sp³-hybridized carbons (Fsp3) is 0.394. The molecule has 3 aromatic carbocycles. The molecule has 220 valence electrons. The van der Waals surface area contributed by atoms with Gasteiger partial charge in [0, 0.05) is 12.6 Å². The summed E-state index contributed by atoms with van der Waals surface area (Å²) in [6, 6.07) is 21.0. The monoisotopic (exact) mass is 577 g/mol. The molecular weight excluding hydrogens is 534 g/mol. The molecule has 1 N–H and O–H groups in total. The number of carbonyl (C=O) groups is 2. The summed E-state index contributed by atoms with van der Waals surface area (Å²) >= 11 is 0. The molecule has 3 aromatic rings. The lowest BCUT2D eigenvalue weighted by Crippen LogP contribution is -2.54. The number of amides is 2. The molecule has 2 amide bonds. The topological polar surface area (TPSA) is 86.8 Å². The fourth-order valence-electron chi connectivity index (χ4n) is 4.69. The maximum Gasteiger partial charge on any atom is 0.264 e. The summed E-state index contributed by atoms with van der Waals surface area (Å²) in [6.07, 6.45) is 1.69. The Balaban J connectivity index is 2.05. The van der Waals surface area contributed by atoms with Gasteiger partial charge in [-0.25, -0.2) is 8.42 Å². The number of nitrogens with one attached hydrogen (secondary N) is 1. The lowest BCUT2D eigenvalue weighted by atomic mass is 10.1. The highest BCUT2D eigenvalue weighted by Crippen LogP contribution is 2.29. The van der Waals surface area contributed by atoms with Gasteiger partial charge >= 0.3 is 0 Å². The van der Waals surface area contributed by atoms with Crippen molar-refractivity contribution >= 4 is 27.5 Å². The highest BCUT2D eigenvalue weighted by molar-refractivity contribution is 7.92. The molecule has 0 saturated heterocycles. The third-order valence-electron chi connectivity index (χ3n) is 7.60. The van der Waals surface area contributed by atoms with Gasteiger partial charge in [-0.15, -0.1) is 0 Å². The van der Waals surface area contributed by atoms with Gasteiger partial charge in [0.2, 0.25) is 11.8 Å². The van der Waals surface area contributed by atoms with Gasteiger partial charge in [-0.3, -0.25) is 13.9 Å². The minimum atomic E-state index is -4.10. The molecule has 0 aliphatic rings. The zero-order valence-electron chi connectivity index (χ0n) is 25.1. The van der Waals surface area contributed by atoms with E-state index < -0.39 is 28.5 Å². The molecule has 0 spiro atoms. The predicted octanol–water partition coefficient (Wildman–Crippen LogP) is 5.57. The normalized spacial score (nSPS) is 12.8. The second kappa shape index (κ2) is 14.3. The standard InChI is InChI=1S/C33H43N3O4S/c1-7-26(5)34-33(38)30(8-2)35(22-21-28-14-10-9-11-15-28)32(37)23-36(31-16-12-13-25(4)27(31)6)41(39,40)29-19-17-24(3)18-20-29/h9-20,26,30H,7-8,21-23H2,1-6H3,(H,34,38)/t26-,30+/m1/s1. The van der Waals surface area contributed by atoms with Crippen LogP contribution in [0.5, 0.6) is 0 Å². The number of sulfonamides is 1. The Kier molecular flexibility index (Phi) is 11.1. The number of hydrogen-bond acceptors (Lipinski definition) is 4. The van der Waals surface area contributed by atoms with Crippen LogP contribution in [0.15, 0.2) is 77.7 Å². The van der Waals surface area contributed by atoms with Gasteiger partial charge in [-0.05, 0) is 81.8 Å². The highest BCUT2D eigenvalue weighted by Gasteiger charge is 2.34. The number of hydrogen-bond donors (Lipinski definition) is 1. The van der Waals surface area contributed by atoms with Crippen LogP contribution in [0.1, 0.15) is 55.9 Å². The molecule has 0 aliphatic heterocycles. The van der Waals surface area contributed by atoms with Gasteiger partial charge in [-0.1, -0.05) is 74.0 Å². The van der Waals surface area contributed by atoms with E-state index in [4.69, 9.17) is 0 Å². The molecule has 0 fully saturated rings. The SMILES string of the molecule is CC[C@@H](C)NC(=O)[C@H](CC)N(CCc1ccccc1)C(=O)CN(c1cccc(C)c1C)S(=O)(=O)c1ccc(C)cc1. The van der Waals surface area contributed by atoms with Crippen LogP contribution in [0.3, 0.4) is 0 Å². The predicted molar refractivity (Wildman–Crippen MR) is 165 cm³/mol. The minimum absolute atomic E-state index is 0.0454. The first-order chi connectivity index (χ1) is 19.5. The minimum Gasteiger partial charge on any atom is -0.352 e. The van der Waals surface area contributed by atoms with Crippen molar-refractivity contribution in [2.24, 2.45) is 0 Å². The zero-order valence-corrected chi connectivity index (χ0v) is 25.9. The van der Waals surface area contributed by atoms with E-state index in [1.54, 1.807) is 41.3 Å². The third-order valence-corrected chi connectivity index (χ3v) is 9.38. The Morgan fingerprint density at radius 3 is 2.12 bits per heavy atom. The van der Waals surface area contributed by atoms with Crippen LogP contribution in [0.2, 0.25) is 0 Å². The highest BCUT2D eigenvalue weighted by atomic mass is 32.2. The van der Waals surface area contributed by atoms with E-state index in [1.807, 2.05) is 77.9 Å². The first-order valence-corrected chi connectivity index (χ1v) is 15.7. The Morgan fingerprint density at radius 1 is 0.854 bits per heavy atom. The molecule has 0 radical (unpaired) electrons. The Bertz CT molecular complexity index is 1420. The van der Waals surface area contributed by atoms with Gasteiger partial charge < -0.3 is 10.2 Å². The third kappa shape index (κ3) is 7.97. The average Bonchev–Trinajstić information content (AvgIpc) is 2.96. The van der Waals surface area contributed by atoms with Crippen molar-refractivity contribution in [1.29, 1.82) is 0 Å². The summed E-state index contributed by atoms with van der Waals surface area (Å²) in [5, 5.41) is 3.01. The van der Waals surface area contributed by atoms with Crippen molar-refractivity contribution < 1.29 is 18.0 Å². The molecular formula is C33H43N3O4S. The largest absolute Gasteiger partial charge is 0.352 e. The van der Waals surface area contributed by atoms with Crippen molar-refractivity contribution in [2.45, 2.75) is 77.8 Å². The van der Waals surface area contributed by atoms with Crippen molar-refractivity contribution in [2.75, 3.05) is 17.4 Å². The van der Waals surface area contributed by atoms with Gasteiger partial charge in [0.15, 0.2) is 0 Å². The molecule has 41 heavy (non-hydrogen) atoms. The van der Waals surface area contributed by atoms with Crippen molar-refractivity contribution in [1.82, 2.24) is 10.2 Å². The molecule has 2 atom stereocenters. The van der Waals surface area contributed by atoms with Gasteiger partial charge in [0.05, 0.1) is 10.6 Å². The van der Waals surface area contributed by atoms with E-state index in [-0.39, 0.29) is 23.4 Å². The Morgan fingerprint density at radius 2 is 1.51 bits per heavy atom. The van der Waals surface area contributed by atoms with Crippen molar-refractivity contribution in [3.63, 3.8) is 0 Å². The molecule has 0 aliphatic carbocycles. The van der Waals surface area contributed by atoms with Crippen LogP contribution < -0.4 is 9.62 Å². The van der Waals surface area contributed by atoms with Crippen LogP contribution in [0.25, 0.3) is 0 Å². The van der Waals surface area contributed by atoms with Gasteiger partial charge in [0.25, 0.3) is 10.0 Å².